The molecule has 0 radical (unpaired) electrons. The minimum atomic E-state index is -1.18. The van der Waals surface area contributed by atoms with Crippen LogP contribution in [0.1, 0.15) is 36.0 Å². The van der Waals surface area contributed by atoms with Gasteiger partial charge < -0.3 is 5.32 Å². The molecule has 1 aliphatic carbocycles. The van der Waals surface area contributed by atoms with Crippen molar-refractivity contribution >= 4 is 21.8 Å². The molecule has 1 amide bonds. The van der Waals surface area contributed by atoms with Crippen LogP contribution in [-0.4, -0.2) is 17.8 Å². The number of rotatable bonds is 4. The number of carbonyl (C=O) groups is 1. The minimum Gasteiger partial charge on any atom is -0.351 e. The van der Waals surface area contributed by atoms with Gasteiger partial charge in [0.25, 0.3) is 5.91 Å². The molecule has 0 spiro atoms. The van der Waals surface area contributed by atoms with Gasteiger partial charge in [-0.05, 0) is 18.3 Å². The number of benzene rings is 1. The molecule has 1 aromatic carbocycles. The van der Waals surface area contributed by atoms with Crippen molar-refractivity contribution in [1.29, 1.82) is 0 Å². The summed E-state index contributed by atoms with van der Waals surface area (Å²) in [6.07, 6.45) is 4.10. The van der Waals surface area contributed by atoms with Crippen molar-refractivity contribution < 1.29 is 18.0 Å². The van der Waals surface area contributed by atoms with Crippen LogP contribution < -0.4 is 5.32 Å². The van der Waals surface area contributed by atoms with Crippen molar-refractivity contribution in [2.45, 2.75) is 25.7 Å². The maximum Gasteiger partial charge on any atom is 0.257 e. The molecule has 1 aliphatic rings. The van der Waals surface area contributed by atoms with Crippen molar-refractivity contribution in [3.05, 3.63) is 35.1 Å². The second kappa shape index (κ2) is 6.16. The Morgan fingerprint density at radius 1 is 1.20 bits per heavy atom. The number of hydrogen-bond acceptors (Lipinski definition) is 1. The molecule has 20 heavy (non-hydrogen) atoms. The third-order valence-corrected chi connectivity index (χ3v) is 5.00. The first-order valence-corrected chi connectivity index (χ1v) is 7.58. The predicted molar refractivity (Wildman–Crippen MR) is 73.3 cm³/mol. The molecule has 1 aromatic rings. The summed E-state index contributed by atoms with van der Waals surface area (Å²) in [6, 6.07) is 1.02. The van der Waals surface area contributed by atoms with E-state index in [1.807, 2.05) is 0 Å². The number of carbonyl (C=O) groups excluding carboxylic acids is 1. The van der Waals surface area contributed by atoms with Crippen LogP contribution in [0, 0.1) is 22.9 Å². The summed E-state index contributed by atoms with van der Waals surface area (Å²) in [5, 5.41) is 3.29. The molecule has 2 nitrogen and oxygen atoms in total. The van der Waals surface area contributed by atoms with Gasteiger partial charge in [0, 0.05) is 24.0 Å². The van der Waals surface area contributed by atoms with E-state index in [0.29, 0.717) is 18.7 Å². The lowest BCUT2D eigenvalue weighted by molar-refractivity contribution is 0.0927. The lowest BCUT2D eigenvalue weighted by Crippen LogP contribution is -2.37. The first-order valence-electron chi connectivity index (χ1n) is 6.46. The minimum absolute atomic E-state index is 0.0529. The number of nitrogens with one attached hydrogen (secondary N) is 1. The largest absolute Gasteiger partial charge is 0.351 e. The quantitative estimate of drug-likeness (QED) is 0.823. The molecule has 0 saturated heterocycles. The van der Waals surface area contributed by atoms with Gasteiger partial charge in [0.1, 0.15) is 23.0 Å². The summed E-state index contributed by atoms with van der Waals surface area (Å²) in [4.78, 5) is 11.9. The molecule has 0 bridgehead atoms. The fourth-order valence-corrected chi connectivity index (χ4v) is 3.36. The SMILES string of the molecule is O=C(NCC1(CBr)CCCC1)c1c(F)cc(F)cc1F. The molecular weight excluding hydrogens is 335 g/mol. The van der Waals surface area contributed by atoms with Gasteiger partial charge in [0.05, 0.1) is 0 Å². The van der Waals surface area contributed by atoms with Crippen molar-refractivity contribution in [2.24, 2.45) is 5.41 Å². The Morgan fingerprint density at radius 2 is 1.75 bits per heavy atom. The highest BCUT2D eigenvalue weighted by atomic mass is 79.9. The molecule has 0 atom stereocenters. The molecule has 1 N–H and O–H groups in total. The Labute approximate surface area is 123 Å². The summed E-state index contributed by atoms with van der Waals surface area (Å²) >= 11 is 3.43. The standard InChI is InChI=1S/C14H15BrF3NO/c15-7-14(3-1-2-4-14)8-19-13(20)12-10(17)5-9(16)6-11(12)18/h5-6H,1-4,7-8H2,(H,19,20). The lowest BCUT2D eigenvalue weighted by Gasteiger charge is -2.26. The smallest absolute Gasteiger partial charge is 0.257 e. The zero-order chi connectivity index (χ0) is 14.8. The fourth-order valence-electron chi connectivity index (χ4n) is 2.60. The van der Waals surface area contributed by atoms with Gasteiger partial charge in [-0.3, -0.25) is 4.79 Å². The van der Waals surface area contributed by atoms with Crippen LogP contribution in [0.3, 0.4) is 0 Å². The summed E-state index contributed by atoms with van der Waals surface area (Å²) in [5.74, 6) is -4.24. The van der Waals surface area contributed by atoms with Crippen molar-refractivity contribution in [3.8, 4) is 0 Å². The van der Waals surface area contributed by atoms with E-state index in [-0.39, 0.29) is 5.41 Å². The van der Waals surface area contributed by atoms with E-state index in [1.54, 1.807) is 0 Å². The van der Waals surface area contributed by atoms with Gasteiger partial charge in [0.2, 0.25) is 0 Å². The molecule has 1 saturated carbocycles. The Kier molecular flexibility index (Phi) is 4.73. The first kappa shape index (κ1) is 15.4. The van der Waals surface area contributed by atoms with Crippen molar-refractivity contribution in [1.82, 2.24) is 5.32 Å². The van der Waals surface area contributed by atoms with E-state index in [0.717, 1.165) is 31.0 Å². The van der Waals surface area contributed by atoms with Crippen LogP contribution in [0.25, 0.3) is 0 Å². The molecule has 1 fully saturated rings. The molecule has 6 heteroatoms. The Bertz CT molecular complexity index is 492. The first-order chi connectivity index (χ1) is 9.47. The van der Waals surface area contributed by atoms with E-state index in [4.69, 9.17) is 0 Å². The van der Waals surface area contributed by atoms with E-state index >= 15 is 0 Å². The van der Waals surface area contributed by atoms with Crippen LogP contribution in [-0.2, 0) is 0 Å². The lowest BCUT2D eigenvalue weighted by atomic mass is 9.89. The Morgan fingerprint density at radius 3 is 2.25 bits per heavy atom. The summed E-state index contributed by atoms with van der Waals surface area (Å²) < 4.78 is 39.8. The fraction of sp³-hybridized carbons (Fsp3) is 0.500. The zero-order valence-electron chi connectivity index (χ0n) is 10.8. The van der Waals surface area contributed by atoms with Crippen molar-refractivity contribution in [2.75, 3.05) is 11.9 Å². The van der Waals surface area contributed by atoms with Crippen LogP contribution in [0.4, 0.5) is 13.2 Å². The van der Waals surface area contributed by atoms with E-state index in [2.05, 4.69) is 21.2 Å². The molecule has 0 heterocycles. The van der Waals surface area contributed by atoms with Crippen LogP contribution >= 0.6 is 15.9 Å². The van der Waals surface area contributed by atoms with Gasteiger partial charge in [-0.25, -0.2) is 13.2 Å². The Balaban J connectivity index is 2.09. The van der Waals surface area contributed by atoms with Gasteiger partial charge in [-0.15, -0.1) is 0 Å². The van der Waals surface area contributed by atoms with Crippen molar-refractivity contribution in [3.63, 3.8) is 0 Å². The molecular formula is C14H15BrF3NO. The molecule has 2 rings (SSSR count). The highest BCUT2D eigenvalue weighted by Gasteiger charge is 2.33. The number of halogens is 4. The predicted octanol–water partition coefficient (Wildman–Crippen LogP) is 3.79. The van der Waals surface area contributed by atoms with Gasteiger partial charge in [0.15, 0.2) is 0 Å². The maximum absolute atomic E-state index is 13.5. The van der Waals surface area contributed by atoms with Gasteiger partial charge in [-0.1, -0.05) is 28.8 Å². The van der Waals surface area contributed by atoms with E-state index in [1.165, 1.54) is 0 Å². The molecule has 0 aliphatic heterocycles. The highest BCUT2D eigenvalue weighted by Crippen LogP contribution is 2.39. The summed E-state index contributed by atoms with van der Waals surface area (Å²) in [7, 11) is 0. The Hall–Kier alpha value is -1.04. The third-order valence-electron chi connectivity index (χ3n) is 3.81. The number of alkyl halides is 1. The molecule has 0 aromatic heterocycles. The normalized spacial score (nSPS) is 17.2. The van der Waals surface area contributed by atoms with E-state index in [9.17, 15) is 18.0 Å². The monoisotopic (exact) mass is 349 g/mol. The molecule has 0 unspecified atom stereocenters. The van der Waals surface area contributed by atoms with Crippen LogP contribution in [0.5, 0.6) is 0 Å². The average molecular weight is 350 g/mol. The second-order valence-electron chi connectivity index (χ2n) is 5.27. The average Bonchev–Trinajstić information content (AvgIpc) is 2.84. The number of hydrogen-bond donors (Lipinski definition) is 1. The molecule has 110 valence electrons. The van der Waals surface area contributed by atoms with Crippen LogP contribution in [0.15, 0.2) is 12.1 Å². The van der Waals surface area contributed by atoms with E-state index < -0.39 is 28.9 Å². The zero-order valence-corrected chi connectivity index (χ0v) is 12.4. The third kappa shape index (κ3) is 3.16. The second-order valence-corrected chi connectivity index (χ2v) is 5.83. The summed E-state index contributed by atoms with van der Waals surface area (Å²) in [5.41, 5.74) is -0.781. The van der Waals surface area contributed by atoms with Crippen LogP contribution in [0.2, 0.25) is 0 Å². The van der Waals surface area contributed by atoms with Gasteiger partial charge in [-0.2, -0.15) is 0 Å². The highest BCUT2D eigenvalue weighted by molar-refractivity contribution is 9.09. The number of amides is 1. The topological polar surface area (TPSA) is 29.1 Å². The van der Waals surface area contributed by atoms with Gasteiger partial charge >= 0.3 is 0 Å². The summed E-state index contributed by atoms with van der Waals surface area (Å²) in [6.45, 7) is 0.355. The maximum atomic E-state index is 13.5.